The molecule has 0 saturated carbocycles. The predicted octanol–water partition coefficient (Wildman–Crippen LogP) is 1.10. The highest BCUT2D eigenvalue weighted by Gasteiger charge is 2.21. The van der Waals surface area contributed by atoms with Crippen LogP contribution in [-0.2, 0) is 9.59 Å². The molecule has 0 radical (unpaired) electrons. The van der Waals surface area contributed by atoms with Crippen LogP contribution in [0.1, 0.15) is 31.2 Å². The highest BCUT2D eigenvalue weighted by Crippen LogP contribution is 2.14. The summed E-state index contributed by atoms with van der Waals surface area (Å²) in [6, 6.07) is 8.26. The Morgan fingerprint density at radius 1 is 1.32 bits per heavy atom. The van der Waals surface area contributed by atoms with Gasteiger partial charge in [-0.1, -0.05) is 43.7 Å². The first-order chi connectivity index (χ1) is 9.06. The maximum atomic E-state index is 11.7. The first-order valence-corrected chi connectivity index (χ1v) is 6.37. The second-order valence-electron chi connectivity index (χ2n) is 4.44. The zero-order valence-electron chi connectivity index (χ0n) is 11.0. The van der Waals surface area contributed by atoms with E-state index in [1.54, 1.807) is 24.3 Å². The number of carboxylic acids is 1. The van der Waals surface area contributed by atoms with Crippen LogP contribution >= 0.6 is 0 Å². The summed E-state index contributed by atoms with van der Waals surface area (Å²) < 4.78 is 0. The van der Waals surface area contributed by atoms with E-state index in [0.717, 1.165) is 6.42 Å². The monoisotopic (exact) mass is 264 g/mol. The van der Waals surface area contributed by atoms with E-state index in [9.17, 15) is 14.7 Å². The van der Waals surface area contributed by atoms with Gasteiger partial charge in [-0.15, -0.1) is 0 Å². The second-order valence-corrected chi connectivity index (χ2v) is 4.44. The molecule has 1 amide bonds. The van der Waals surface area contributed by atoms with E-state index in [1.807, 2.05) is 13.0 Å². The molecule has 0 heterocycles. The van der Waals surface area contributed by atoms with Gasteiger partial charge in [0, 0.05) is 6.54 Å². The van der Waals surface area contributed by atoms with Gasteiger partial charge < -0.3 is 16.2 Å². The highest BCUT2D eigenvalue weighted by atomic mass is 16.4. The van der Waals surface area contributed by atoms with Crippen LogP contribution in [0.3, 0.4) is 0 Å². The number of nitrogens with one attached hydrogen (secondary N) is 1. The van der Waals surface area contributed by atoms with Crippen molar-refractivity contribution in [2.45, 2.75) is 31.7 Å². The molecular formula is C14H20N2O3. The average Bonchev–Trinajstić information content (AvgIpc) is 2.39. The number of nitrogens with two attached hydrogens (primary N) is 1. The number of carbonyl (C=O) groups is 2. The van der Waals surface area contributed by atoms with Gasteiger partial charge >= 0.3 is 5.97 Å². The van der Waals surface area contributed by atoms with Crippen molar-refractivity contribution in [3.8, 4) is 0 Å². The fourth-order valence-electron chi connectivity index (χ4n) is 1.81. The first-order valence-electron chi connectivity index (χ1n) is 6.37. The summed E-state index contributed by atoms with van der Waals surface area (Å²) in [4.78, 5) is 22.9. The molecule has 1 aromatic carbocycles. The Labute approximate surface area is 112 Å². The molecule has 5 heteroatoms. The van der Waals surface area contributed by atoms with Gasteiger partial charge in [-0.3, -0.25) is 9.59 Å². The maximum Gasteiger partial charge on any atom is 0.312 e. The van der Waals surface area contributed by atoms with Crippen molar-refractivity contribution in [3.63, 3.8) is 0 Å². The number of benzene rings is 1. The zero-order chi connectivity index (χ0) is 14.3. The lowest BCUT2D eigenvalue weighted by Crippen LogP contribution is -2.42. The number of carboxylic acid groups (broad SMARTS) is 1. The Bertz CT molecular complexity index is 420. The molecule has 0 spiro atoms. The molecule has 104 valence electrons. The van der Waals surface area contributed by atoms with Crippen LogP contribution in [-0.4, -0.2) is 29.6 Å². The van der Waals surface area contributed by atoms with Gasteiger partial charge in [-0.2, -0.15) is 0 Å². The van der Waals surface area contributed by atoms with Crippen LogP contribution in [0.15, 0.2) is 30.3 Å². The zero-order valence-corrected chi connectivity index (χ0v) is 11.0. The molecular weight excluding hydrogens is 244 g/mol. The molecule has 0 aliphatic heterocycles. The SMILES string of the molecule is CCC[C@H](N)C(=O)NCC(C(=O)O)c1ccccc1. The van der Waals surface area contributed by atoms with Crippen molar-refractivity contribution < 1.29 is 14.7 Å². The predicted molar refractivity (Wildman–Crippen MR) is 72.7 cm³/mol. The second kappa shape index (κ2) is 7.53. The lowest BCUT2D eigenvalue weighted by Gasteiger charge is -2.16. The van der Waals surface area contributed by atoms with Gasteiger partial charge in [0.2, 0.25) is 5.91 Å². The van der Waals surface area contributed by atoms with Crippen LogP contribution in [0, 0.1) is 0 Å². The van der Waals surface area contributed by atoms with Gasteiger partial charge in [0.05, 0.1) is 12.0 Å². The molecule has 0 aliphatic rings. The van der Waals surface area contributed by atoms with Crippen LogP contribution in [0.25, 0.3) is 0 Å². The lowest BCUT2D eigenvalue weighted by atomic mass is 9.99. The van der Waals surface area contributed by atoms with Crippen LogP contribution in [0.2, 0.25) is 0 Å². The number of rotatable bonds is 7. The average molecular weight is 264 g/mol. The third-order valence-corrected chi connectivity index (χ3v) is 2.92. The van der Waals surface area contributed by atoms with E-state index in [0.29, 0.717) is 12.0 Å². The number of carbonyl (C=O) groups excluding carboxylic acids is 1. The minimum absolute atomic E-state index is 0.0512. The highest BCUT2D eigenvalue weighted by molar-refractivity contribution is 5.83. The van der Waals surface area contributed by atoms with Crippen molar-refractivity contribution in [1.82, 2.24) is 5.32 Å². The normalized spacial score (nSPS) is 13.6. The van der Waals surface area contributed by atoms with E-state index in [1.165, 1.54) is 0 Å². The quantitative estimate of drug-likeness (QED) is 0.687. The van der Waals surface area contributed by atoms with Crippen molar-refractivity contribution in [3.05, 3.63) is 35.9 Å². The molecule has 1 rings (SSSR count). The molecule has 1 unspecified atom stereocenters. The van der Waals surface area contributed by atoms with Crippen molar-refractivity contribution >= 4 is 11.9 Å². The smallest absolute Gasteiger partial charge is 0.312 e. The van der Waals surface area contributed by atoms with Crippen LogP contribution in [0.5, 0.6) is 0 Å². The summed E-state index contributed by atoms with van der Waals surface area (Å²) in [6.45, 7) is 1.99. The van der Waals surface area contributed by atoms with E-state index >= 15 is 0 Å². The number of amides is 1. The summed E-state index contributed by atoms with van der Waals surface area (Å²) >= 11 is 0. The minimum atomic E-state index is -0.962. The van der Waals surface area contributed by atoms with E-state index in [2.05, 4.69) is 5.32 Å². The standard InChI is InChI=1S/C14H20N2O3/c1-2-6-12(15)13(17)16-9-11(14(18)19)10-7-4-3-5-8-10/h3-5,7-8,11-12H,2,6,9,15H2,1H3,(H,16,17)(H,18,19)/t11?,12-/m0/s1. The summed E-state index contributed by atoms with van der Waals surface area (Å²) in [5.74, 6) is -2.02. The van der Waals surface area contributed by atoms with Crippen molar-refractivity contribution in [1.29, 1.82) is 0 Å². The summed E-state index contributed by atoms with van der Waals surface area (Å²) in [6.07, 6.45) is 1.41. The molecule has 2 atom stereocenters. The largest absolute Gasteiger partial charge is 0.481 e. The van der Waals surface area contributed by atoms with Gasteiger partial charge in [0.1, 0.15) is 0 Å². The van der Waals surface area contributed by atoms with Gasteiger partial charge in [0.25, 0.3) is 0 Å². The van der Waals surface area contributed by atoms with Gasteiger partial charge in [-0.25, -0.2) is 0 Å². The summed E-state index contributed by atoms with van der Waals surface area (Å²) in [5.41, 5.74) is 6.34. The summed E-state index contributed by atoms with van der Waals surface area (Å²) in [7, 11) is 0. The fourth-order valence-corrected chi connectivity index (χ4v) is 1.81. The van der Waals surface area contributed by atoms with E-state index < -0.39 is 17.9 Å². The molecule has 0 aliphatic carbocycles. The lowest BCUT2D eigenvalue weighted by molar-refractivity contribution is -0.138. The third-order valence-electron chi connectivity index (χ3n) is 2.92. The molecule has 4 N–H and O–H groups in total. The first kappa shape index (κ1) is 15.2. The number of hydrogen-bond donors (Lipinski definition) is 3. The fraction of sp³-hybridized carbons (Fsp3) is 0.429. The molecule has 0 aromatic heterocycles. The molecule has 0 bridgehead atoms. The minimum Gasteiger partial charge on any atom is -0.481 e. The summed E-state index contributed by atoms with van der Waals surface area (Å²) in [5, 5.41) is 11.8. The van der Waals surface area contributed by atoms with E-state index in [4.69, 9.17) is 5.73 Å². The Hall–Kier alpha value is -1.88. The molecule has 0 saturated heterocycles. The Morgan fingerprint density at radius 2 is 1.95 bits per heavy atom. The molecule has 1 aromatic rings. The maximum absolute atomic E-state index is 11.7. The molecule has 19 heavy (non-hydrogen) atoms. The van der Waals surface area contributed by atoms with Crippen molar-refractivity contribution in [2.75, 3.05) is 6.54 Å². The molecule has 0 fully saturated rings. The van der Waals surface area contributed by atoms with Crippen LogP contribution < -0.4 is 11.1 Å². The van der Waals surface area contributed by atoms with Gasteiger partial charge in [-0.05, 0) is 12.0 Å². The Kier molecular flexibility index (Phi) is 6.02. The topological polar surface area (TPSA) is 92.4 Å². The third kappa shape index (κ3) is 4.71. The number of aliphatic carboxylic acids is 1. The molecule has 5 nitrogen and oxygen atoms in total. The van der Waals surface area contributed by atoms with Crippen molar-refractivity contribution in [2.24, 2.45) is 5.73 Å². The number of hydrogen-bond acceptors (Lipinski definition) is 3. The Balaban J connectivity index is 2.61. The Morgan fingerprint density at radius 3 is 2.47 bits per heavy atom. The van der Waals surface area contributed by atoms with Crippen LogP contribution in [0.4, 0.5) is 0 Å². The van der Waals surface area contributed by atoms with Gasteiger partial charge in [0.15, 0.2) is 0 Å². The van der Waals surface area contributed by atoms with E-state index in [-0.39, 0.29) is 12.5 Å².